The molecule has 0 aliphatic carbocycles. The Morgan fingerprint density at radius 1 is 1.41 bits per heavy atom. The van der Waals surface area contributed by atoms with Gasteiger partial charge in [0.2, 0.25) is 0 Å². The van der Waals surface area contributed by atoms with E-state index < -0.39 is 29.3 Å². The van der Waals surface area contributed by atoms with Crippen LogP contribution >= 0.6 is 0 Å². The number of carbonyl (C=O) groups excluding carboxylic acids is 1. The quantitative estimate of drug-likeness (QED) is 0.756. The fourth-order valence-electron chi connectivity index (χ4n) is 1.67. The minimum Gasteiger partial charge on any atom is -0.480 e. The fraction of sp³-hybridized carbons (Fsp3) is 0.818. The Labute approximate surface area is 100 Å². The summed E-state index contributed by atoms with van der Waals surface area (Å²) in [6.07, 6.45) is -0.671. The summed E-state index contributed by atoms with van der Waals surface area (Å²) in [6, 6.07) is -1.03. The lowest BCUT2D eigenvalue weighted by molar-refractivity contribution is -0.144. The van der Waals surface area contributed by atoms with E-state index in [-0.39, 0.29) is 6.73 Å². The van der Waals surface area contributed by atoms with Crippen LogP contribution in [0.15, 0.2) is 0 Å². The van der Waals surface area contributed by atoms with Gasteiger partial charge in [-0.1, -0.05) is 0 Å². The molecule has 1 atom stereocenters. The van der Waals surface area contributed by atoms with Gasteiger partial charge in [-0.15, -0.1) is 0 Å². The van der Waals surface area contributed by atoms with Crippen molar-refractivity contribution < 1.29 is 24.2 Å². The van der Waals surface area contributed by atoms with Gasteiger partial charge in [-0.2, -0.15) is 0 Å². The van der Waals surface area contributed by atoms with Gasteiger partial charge >= 0.3 is 12.1 Å². The fourth-order valence-corrected chi connectivity index (χ4v) is 1.67. The molecule has 1 saturated heterocycles. The maximum absolute atomic E-state index is 11.8. The second-order valence-electron chi connectivity index (χ2n) is 5.57. The SMILES string of the molecule is CC(C)(C)OC(=O)N1COC(C)(C)[C@@H]1C(=O)O. The van der Waals surface area contributed by atoms with Crippen LogP contribution in [-0.2, 0) is 14.3 Å². The third-order valence-corrected chi connectivity index (χ3v) is 2.41. The van der Waals surface area contributed by atoms with Crippen molar-refractivity contribution in [2.45, 2.75) is 51.9 Å². The van der Waals surface area contributed by atoms with E-state index in [1.54, 1.807) is 34.6 Å². The van der Waals surface area contributed by atoms with E-state index in [9.17, 15) is 9.59 Å². The minimum atomic E-state index is -1.10. The Morgan fingerprint density at radius 2 is 1.94 bits per heavy atom. The summed E-state index contributed by atoms with van der Waals surface area (Å²) in [6.45, 7) is 8.37. The maximum Gasteiger partial charge on any atom is 0.412 e. The van der Waals surface area contributed by atoms with Gasteiger partial charge in [-0.05, 0) is 34.6 Å². The Balaban J connectivity index is 2.85. The number of carboxylic acids is 1. The van der Waals surface area contributed by atoms with Crippen molar-refractivity contribution in [1.82, 2.24) is 4.90 Å². The molecule has 0 radical (unpaired) electrons. The standard InChI is InChI=1S/C11H19NO5/c1-10(2,3)17-9(15)12-6-16-11(4,5)7(12)8(13)14/h7H,6H2,1-5H3,(H,13,14)/t7-/m0/s1. The highest BCUT2D eigenvalue weighted by Crippen LogP contribution is 2.29. The van der Waals surface area contributed by atoms with Crippen molar-refractivity contribution in [1.29, 1.82) is 0 Å². The monoisotopic (exact) mass is 245 g/mol. The Bertz CT molecular complexity index is 331. The number of carbonyl (C=O) groups is 2. The first-order chi connectivity index (χ1) is 7.54. The van der Waals surface area contributed by atoms with E-state index >= 15 is 0 Å². The Hall–Kier alpha value is -1.30. The summed E-state index contributed by atoms with van der Waals surface area (Å²) < 4.78 is 10.4. The molecule has 1 rings (SSSR count). The lowest BCUT2D eigenvalue weighted by atomic mass is 9.99. The molecule has 98 valence electrons. The summed E-state index contributed by atoms with van der Waals surface area (Å²) in [7, 11) is 0. The molecule has 0 saturated carbocycles. The summed E-state index contributed by atoms with van der Waals surface area (Å²) in [4.78, 5) is 24.1. The van der Waals surface area contributed by atoms with Crippen LogP contribution in [0, 0.1) is 0 Å². The first-order valence-corrected chi connectivity index (χ1v) is 5.41. The number of amides is 1. The first kappa shape index (κ1) is 13.8. The lowest BCUT2D eigenvalue weighted by Crippen LogP contribution is -2.50. The summed E-state index contributed by atoms with van der Waals surface area (Å²) in [5, 5.41) is 9.14. The van der Waals surface area contributed by atoms with Gasteiger partial charge in [0.25, 0.3) is 0 Å². The van der Waals surface area contributed by atoms with E-state index in [1.165, 1.54) is 0 Å². The van der Waals surface area contributed by atoms with Gasteiger partial charge in [-0.25, -0.2) is 9.59 Å². The van der Waals surface area contributed by atoms with Crippen LogP contribution in [0.25, 0.3) is 0 Å². The number of aliphatic carboxylic acids is 1. The smallest absolute Gasteiger partial charge is 0.412 e. The van der Waals surface area contributed by atoms with Crippen molar-refractivity contribution in [3.63, 3.8) is 0 Å². The summed E-state index contributed by atoms with van der Waals surface area (Å²) >= 11 is 0. The van der Waals surface area contributed by atoms with Crippen molar-refractivity contribution in [3.05, 3.63) is 0 Å². The predicted octanol–water partition coefficient (Wildman–Crippen LogP) is 1.44. The molecule has 0 bridgehead atoms. The van der Waals surface area contributed by atoms with Crippen molar-refractivity contribution >= 4 is 12.1 Å². The number of ether oxygens (including phenoxy) is 2. The molecule has 1 heterocycles. The van der Waals surface area contributed by atoms with Gasteiger partial charge in [0.05, 0.1) is 5.60 Å². The largest absolute Gasteiger partial charge is 0.480 e. The second kappa shape index (κ2) is 4.18. The molecule has 0 spiro atoms. The zero-order valence-corrected chi connectivity index (χ0v) is 10.8. The molecular formula is C11H19NO5. The Morgan fingerprint density at radius 3 is 2.35 bits per heavy atom. The summed E-state index contributed by atoms with van der Waals surface area (Å²) in [5.41, 5.74) is -1.57. The molecule has 0 aromatic heterocycles. The molecule has 0 aromatic rings. The summed E-state index contributed by atoms with van der Waals surface area (Å²) in [5.74, 6) is -1.10. The van der Waals surface area contributed by atoms with E-state index in [1.807, 2.05) is 0 Å². The molecule has 1 N–H and O–H groups in total. The van der Waals surface area contributed by atoms with Crippen LogP contribution in [-0.4, -0.2) is 46.0 Å². The first-order valence-electron chi connectivity index (χ1n) is 5.41. The average Bonchev–Trinajstić information content (AvgIpc) is 2.37. The molecule has 1 aliphatic heterocycles. The molecule has 6 heteroatoms. The number of hydrogen-bond donors (Lipinski definition) is 1. The number of hydrogen-bond acceptors (Lipinski definition) is 4. The van der Waals surface area contributed by atoms with Gasteiger partial charge in [0.15, 0.2) is 6.04 Å². The highest BCUT2D eigenvalue weighted by Gasteiger charge is 2.49. The van der Waals surface area contributed by atoms with Crippen LogP contribution in [0.5, 0.6) is 0 Å². The molecule has 0 unspecified atom stereocenters. The zero-order valence-electron chi connectivity index (χ0n) is 10.8. The zero-order chi connectivity index (χ0) is 13.4. The Kier molecular flexibility index (Phi) is 3.38. The van der Waals surface area contributed by atoms with Gasteiger partial charge in [0, 0.05) is 0 Å². The minimum absolute atomic E-state index is 0.0706. The highest BCUT2D eigenvalue weighted by molar-refractivity contribution is 5.82. The highest BCUT2D eigenvalue weighted by atomic mass is 16.6. The third kappa shape index (κ3) is 3.09. The normalized spacial score (nSPS) is 23.6. The van der Waals surface area contributed by atoms with Crippen LogP contribution in [0.3, 0.4) is 0 Å². The molecule has 6 nitrogen and oxygen atoms in total. The maximum atomic E-state index is 11.8. The van der Waals surface area contributed by atoms with Crippen molar-refractivity contribution in [2.24, 2.45) is 0 Å². The average molecular weight is 245 g/mol. The van der Waals surface area contributed by atoms with Crippen LogP contribution < -0.4 is 0 Å². The molecule has 1 fully saturated rings. The van der Waals surface area contributed by atoms with E-state index in [2.05, 4.69) is 0 Å². The lowest BCUT2D eigenvalue weighted by Gasteiger charge is -2.28. The number of carboxylic acid groups (broad SMARTS) is 1. The number of nitrogens with zero attached hydrogens (tertiary/aromatic N) is 1. The molecule has 1 aliphatic rings. The topological polar surface area (TPSA) is 76.1 Å². The number of rotatable bonds is 1. The molecule has 1 amide bonds. The van der Waals surface area contributed by atoms with Crippen molar-refractivity contribution in [3.8, 4) is 0 Å². The molecule has 17 heavy (non-hydrogen) atoms. The third-order valence-electron chi connectivity index (χ3n) is 2.41. The van der Waals surface area contributed by atoms with Crippen LogP contribution in [0.1, 0.15) is 34.6 Å². The van der Waals surface area contributed by atoms with Crippen LogP contribution in [0.2, 0.25) is 0 Å². The van der Waals surface area contributed by atoms with Crippen LogP contribution in [0.4, 0.5) is 4.79 Å². The van der Waals surface area contributed by atoms with E-state index in [0.29, 0.717) is 0 Å². The van der Waals surface area contributed by atoms with Gasteiger partial charge in [-0.3, -0.25) is 4.90 Å². The molecule has 0 aromatic carbocycles. The molecular weight excluding hydrogens is 226 g/mol. The van der Waals surface area contributed by atoms with E-state index in [0.717, 1.165) is 4.90 Å². The van der Waals surface area contributed by atoms with E-state index in [4.69, 9.17) is 14.6 Å². The van der Waals surface area contributed by atoms with Crippen molar-refractivity contribution in [2.75, 3.05) is 6.73 Å². The second-order valence-corrected chi connectivity index (χ2v) is 5.57. The predicted molar refractivity (Wildman–Crippen MR) is 59.5 cm³/mol. The van der Waals surface area contributed by atoms with Gasteiger partial charge in [0.1, 0.15) is 12.3 Å². The van der Waals surface area contributed by atoms with Gasteiger partial charge < -0.3 is 14.6 Å².